The van der Waals surface area contributed by atoms with Crippen molar-refractivity contribution >= 4 is 27.3 Å². The minimum absolute atomic E-state index is 0.0919. The molecule has 0 spiro atoms. The van der Waals surface area contributed by atoms with E-state index in [1.54, 1.807) is 24.3 Å². The van der Waals surface area contributed by atoms with Gasteiger partial charge in [0.25, 0.3) is 5.56 Å². The molecule has 0 bridgehead atoms. The molecule has 5 nitrogen and oxygen atoms in total. The number of ether oxygens (including phenoxy) is 1. The number of nitrogens with zero attached hydrogens (tertiary/aromatic N) is 2. The van der Waals surface area contributed by atoms with Gasteiger partial charge in [-0.1, -0.05) is 42.0 Å². The zero-order valence-electron chi connectivity index (χ0n) is 15.5. The zero-order valence-corrected chi connectivity index (χ0v) is 16.3. The number of hydrogen-bond donors (Lipinski definition) is 0. The fraction of sp³-hybridized carbons (Fsp3) is 0.136. The number of thiophene rings is 1. The van der Waals surface area contributed by atoms with Crippen LogP contribution in [0.4, 0.5) is 0 Å². The Bertz CT molecular complexity index is 1220. The standard InChI is InChI=1S/C22H18N2O3S/c1-14-7-9-15(10-8-14)17-12-28-21-20(17)22(26)24(13-23-21)11-18(25)16-5-3-4-6-19(16)27-2/h3-10,12-13H,11H2,1-2H3. The van der Waals surface area contributed by atoms with E-state index in [1.807, 2.05) is 36.6 Å². The van der Waals surface area contributed by atoms with Gasteiger partial charge in [0.05, 0.1) is 30.9 Å². The maximum atomic E-state index is 13.1. The smallest absolute Gasteiger partial charge is 0.263 e. The lowest BCUT2D eigenvalue weighted by molar-refractivity contribution is 0.0967. The van der Waals surface area contributed by atoms with Crippen LogP contribution < -0.4 is 10.3 Å². The normalized spacial score (nSPS) is 10.9. The molecule has 0 aliphatic carbocycles. The number of Topliss-reactive ketones (excluding diaryl/α,β-unsaturated/α-hetero) is 1. The van der Waals surface area contributed by atoms with E-state index in [2.05, 4.69) is 4.98 Å². The molecule has 2 aromatic carbocycles. The molecule has 0 amide bonds. The fourth-order valence-corrected chi connectivity index (χ4v) is 4.05. The highest BCUT2D eigenvalue weighted by Gasteiger charge is 2.17. The number of methoxy groups -OCH3 is 1. The predicted molar refractivity (Wildman–Crippen MR) is 111 cm³/mol. The number of hydrogen-bond acceptors (Lipinski definition) is 5. The highest BCUT2D eigenvalue weighted by Crippen LogP contribution is 2.30. The van der Waals surface area contributed by atoms with Crippen LogP contribution in [0.1, 0.15) is 15.9 Å². The summed E-state index contributed by atoms with van der Waals surface area (Å²) in [5.41, 5.74) is 3.19. The SMILES string of the molecule is COc1ccccc1C(=O)Cn1cnc2scc(-c3ccc(C)cc3)c2c1=O. The van der Waals surface area contributed by atoms with E-state index in [4.69, 9.17) is 4.74 Å². The lowest BCUT2D eigenvalue weighted by Gasteiger charge is -2.09. The number of aryl methyl sites for hydroxylation is 1. The molecule has 4 rings (SSSR count). The number of benzene rings is 2. The number of aromatic nitrogens is 2. The summed E-state index contributed by atoms with van der Waals surface area (Å²) in [5, 5.41) is 2.49. The lowest BCUT2D eigenvalue weighted by atomic mass is 10.0. The highest BCUT2D eigenvalue weighted by atomic mass is 32.1. The van der Waals surface area contributed by atoms with Gasteiger partial charge in [0.1, 0.15) is 10.6 Å². The molecule has 0 unspecified atom stereocenters. The molecule has 2 heterocycles. The summed E-state index contributed by atoms with van der Waals surface area (Å²) < 4.78 is 6.62. The quantitative estimate of drug-likeness (QED) is 0.476. The van der Waals surface area contributed by atoms with Gasteiger partial charge < -0.3 is 4.74 Å². The third kappa shape index (κ3) is 3.23. The first-order valence-corrected chi connectivity index (χ1v) is 9.66. The number of carbonyl (C=O) groups is 1. The van der Waals surface area contributed by atoms with Gasteiger partial charge in [-0.2, -0.15) is 0 Å². The van der Waals surface area contributed by atoms with Crippen molar-refractivity contribution in [2.75, 3.05) is 7.11 Å². The van der Waals surface area contributed by atoms with E-state index in [-0.39, 0.29) is 17.9 Å². The molecule has 0 aliphatic rings. The van der Waals surface area contributed by atoms with Crippen LogP contribution >= 0.6 is 11.3 Å². The van der Waals surface area contributed by atoms with Crippen molar-refractivity contribution in [2.24, 2.45) is 0 Å². The van der Waals surface area contributed by atoms with E-state index in [1.165, 1.54) is 29.3 Å². The fourth-order valence-electron chi connectivity index (χ4n) is 3.14. The molecule has 4 aromatic rings. The van der Waals surface area contributed by atoms with Crippen LogP contribution in [-0.2, 0) is 6.54 Å². The van der Waals surface area contributed by atoms with Crippen LogP contribution in [0.2, 0.25) is 0 Å². The number of fused-ring (bicyclic) bond motifs is 1. The summed E-state index contributed by atoms with van der Waals surface area (Å²) in [7, 11) is 1.52. The van der Waals surface area contributed by atoms with Crippen LogP contribution in [-0.4, -0.2) is 22.4 Å². The van der Waals surface area contributed by atoms with Crippen LogP contribution in [0.15, 0.2) is 65.0 Å². The maximum Gasteiger partial charge on any atom is 0.263 e. The Morgan fingerprint density at radius 1 is 1.14 bits per heavy atom. The van der Waals surface area contributed by atoms with Crippen molar-refractivity contribution in [3.63, 3.8) is 0 Å². The van der Waals surface area contributed by atoms with Crippen LogP contribution in [0.25, 0.3) is 21.3 Å². The second kappa shape index (κ2) is 7.40. The van der Waals surface area contributed by atoms with Gasteiger partial charge in [-0.15, -0.1) is 11.3 Å². The maximum absolute atomic E-state index is 13.1. The summed E-state index contributed by atoms with van der Waals surface area (Å²) in [5.74, 6) is 0.290. The Labute approximate surface area is 165 Å². The molecule has 0 radical (unpaired) electrons. The van der Waals surface area contributed by atoms with E-state index >= 15 is 0 Å². The van der Waals surface area contributed by atoms with E-state index in [0.29, 0.717) is 21.5 Å². The summed E-state index contributed by atoms with van der Waals surface area (Å²) in [6.45, 7) is 1.93. The topological polar surface area (TPSA) is 61.2 Å². The molecule has 0 N–H and O–H groups in total. The number of para-hydroxylation sites is 1. The zero-order chi connectivity index (χ0) is 19.7. The van der Waals surface area contributed by atoms with Gasteiger partial charge in [-0.3, -0.25) is 14.2 Å². The first-order chi connectivity index (χ1) is 13.6. The van der Waals surface area contributed by atoms with Crippen LogP contribution in [0.3, 0.4) is 0 Å². The summed E-state index contributed by atoms with van der Waals surface area (Å²) in [6, 6.07) is 15.0. The van der Waals surface area contributed by atoms with Crippen molar-refractivity contribution in [2.45, 2.75) is 13.5 Å². The Morgan fingerprint density at radius 2 is 1.89 bits per heavy atom. The second-order valence-electron chi connectivity index (χ2n) is 6.50. The second-order valence-corrected chi connectivity index (χ2v) is 7.35. The van der Waals surface area contributed by atoms with Gasteiger partial charge in [-0.05, 0) is 24.6 Å². The monoisotopic (exact) mass is 390 g/mol. The van der Waals surface area contributed by atoms with E-state index in [0.717, 1.165) is 16.7 Å². The first-order valence-electron chi connectivity index (χ1n) is 8.78. The Morgan fingerprint density at radius 3 is 2.64 bits per heavy atom. The molecule has 2 aromatic heterocycles. The molecule has 28 heavy (non-hydrogen) atoms. The third-order valence-corrected chi connectivity index (χ3v) is 5.53. The van der Waals surface area contributed by atoms with Crippen molar-refractivity contribution in [1.82, 2.24) is 9.55 Å². The van der Waals surface area contributed by atoms with Gasteiger partial charge in [0, 0.05) is 10.9 Å². The molecule has 0 saturated heterocycles. The Kier molecular flexibility index (Phi) is 4.79. The minimum atomic E-state index is -0.218. The van der Waals surface area contributed by atoms with Crippen molar-refractivity contribution in [1.29, 1.82) is 0 Å². The molecular formula is C22H18N2O3S. The average Bonchev–Trinajstić information content (AvgIpc) is 3.15. The highest BCUT2D eigenvalue weighted by molar-refractivity contribution is 7.17. The Balaban J connectivity index is 1.76. The molecular weight excluding hydrogens is 372 g/mol. The third-order valence-electron chi connectivity index (χ3n) is 4.64. The molecule has 0 aliphatic heterocycles. The number of rotatable bonds is 5. The summed E-state index contributed by atoms with van der Waals surface area (Å²) in [6.07, 6.45) is 1.44. The minimum Gasteiger partial charge on any atom is -0.496 e. The van der Waals surface area contributed by atoms with Crippen molar-refractivity contribution in [3.8, 4) is 16.9 Å². The van der Waals surface area contributed by atoms with Gasteiger partial charge in [0.15, 0.2) is 5.78 Å². The Hall–Kier alpha value is -3.25. The van der Waals surface area contributed by atoms with Gasteiger partial charge in [-0.25, -0.2) is 4.98 Å². The predicted octanol–water partition coefficient (Wildman–Crippen LogP) is 4.32. The number of carbonyl (C=O) groups excluding carboxylic acids is 1. The van der Waals surface area contributed by atoms with Gasteiger partial charge >= 0.3 is 0 Å². The van der Waals surface area contributed by atoms with Crippen molar-refractivity contribution in [3.05, 3.63) is 81.7 Å². The molecule has 6 heteroatoms. The number of ketones is 1. The summed E-state index contributed by atoms with van der Waals surface area (Å²) in [4.78, 5) is 30.9. The summed E-state index contributed by atoms with van der Waals surface area (Å²) >= 11 is 1.43. The largest absolute Gasteiger partial charge is 0.496 e. The molecule has 0 atom stereocenters. The van der Waals surface area contributed by atoms with Gasteiger partial charge in [0.2, 0.25) is 0 Å². The first kappa shape index (κ1) is 18.1. The molecule has 0 fully saturated rings. The van der Waals surface area contributed by atoms with Crippen LogP contribution in [0.5, 0.6) is 5.75 Å². The van der Waals surface area contributed by atoms with E-state index in [9.17, 15) is 9.59 Å². The average molecular weight is 390 g/mol. The molecule has 140 valence electrons. The van der Waals surface area contributed by atoms with Crippen LogP contribution in [0, 0.1) is 6.92 Å². The molecule has 0 saturated carbocycles. The van der Waals surface area contributed by atoms with E-state index < -0.39 is 0 Å². The van der Waals surface area contributed by atoms with Crippen molar-refractivity contribution < 1.29 is 9.53 Å². The lowest BCUT2D eigenvalue weighted by Crippen LogP contribution is -2.24.